The third kappa shape index (κ3) is 2.67. The number of aromatic nitrogens is 1. The first-order valence-corrected chi connectivity index (χ1v) is 7.21. The molecule has 0 atom stereocenters. The molecular weight excluding hydrogens is 330 g/mol. The number of hydrogen-bond donors (Lipinski definition) is 0. The van der Waals surface area contributed by atoms with E-state index in [1.807, 2.05) is 36.4 Å². The molecule has 0 aliphatic heterocycles. The number of hydrogen-bond acceptors (Lipinski definition) is 3. The quantitative estimate of drug-likeness (QED) is 0.669. The number of pyridine rings is 1. The maximum absolute atomic E-state index is 12.6. The van der Waals surface area contributed by atoms with Crippen LogP contribution in [-0.4, -0.2) is 17.9 Å². The molecule has 104 valence electrons. The van der Waals surface area contributed by atoms with E-state index in [0.29, 0.717) is 11.3 Å². The fraction of sp³-hybridized carbons (Fsp3) is 0.0588. The van der Waals surface area contributed by atoms with Gasteiger partial charge in [-0.15, -0.1) is 0 Å². The second kappa shape index (κ2) is 5.66. The second-order valence-electron chi connectivity index (χ2n) is 4.58. The Balaban J connectivity index is 2.11. The molecule has 21 heavy (non-hydrogen) atoms. The SMILES string of the molecule is COc1ccc2c(C(=O)c3ccc(Br)cc3)nccc2c1. The highest BCUT2D eigenvalue weighted by Crippen LogP contribution is 2.24. The smallest absolute Gasteiger partial charge is 0.211 e. The number of rotatable bonds is 3. The zero-order chi connectivity index (χ0) is 14.8. The normalized spacial score (nSPS) is 10.6. The van der Waals surface area contributed by atoms with Crippen molar-refractivity contribution in [2.75, 3.05) is 7.11 Å². The molecule has 0 radical (unpaired) electrons. The number of fused-ring (bicyclic) bond motifs is 1. The van der Waals surface area contributed by atoms with E-state index in [9.17, 15) is 4.79 Å². The van der Waals surface area contributed by atoms with Crippen molar-refractivity contribution in [3.8, 4) is 5.75 Å². The van der Waals surface area contributed by atoms with E-state index >= 15 is 0 Å². The van der Waals surface area contributed by atoms with Crippen molar-refractivity contribution in [2.45, 2.75) is 0 Å². The third-order valence-electron chi connectivity index (χ3n) is 3.29. The molecule has 4 heteroatoms. The minimum absolute atomic E-state index is 0.0849. The molecule has 0 aliphatic rings. The van der Waals surface area contributed by atoms with Crippen LogP contribution < -0.4 is 4.74 Å². The lowest BCUT2D eigenvalue weighted by atomic mass is 10.0. The Morgan fingerprint density at radius 3 is 2.57 bits per heavy atom. The lowest BCUT2D eigenvalue weighted by Crippen LogP contribution is -2.04. The van der Waals surface area contributed by atoms with Crippen LogP contribution in [0.1, 0.15) is 16.1 Å². The molecule has 3 rings (SSSR count). The molecule has 2 aromatic carbocycles. The predicted molar refractivity (Wildman–Crippen MR) is 85.9 cm³/mol. The molecule has 0 spiro atoms. The number of ether oxygens (including phenoxy) is 1. The van der Waals surface area contributed by atoms with Gasteiger partial charge in [-0.1, -0.05) is 15.9 Å². The van der Waals surface area contributed by atoms with E-state index in [1.54, 1.807) is 25.4 Å². The summed E-state index contributed by atoms with van der Waals surface area (Å²) in [5.74, 6) is 0.675. The molecule has 1 aromatic heterocycles. The Labute approximate surface area is 130 Å². The van der Waals surface area contributed by atoms with Crippen LogP contribution in [0, 0.1) is 0 Å². The van der Waals surface area contributed by atoms with Crippen molar-refractivity contribution in [2.24, 2.45) is 0 Å². The van der Waals surface area contributed by atoms with E-state index in [4.69, 9.17) is 4.74 Å². The van der Waals surface area contributed by atoms with Gasteiger partial charge in [-0.05, 0) is 53.9 Å². The Bertz CT molecular complexity index is 813. The maximum atomic E-state index is 12.6. The van der Waals surface area contributed by atoms with Crippen LogP contribution in [-0.2, 0) is 0 Å². The largest absolute Gasteiger partial charge is 0.497 e. The first kappa shape index (κ1) is 13.8. The van der Waals surface area contributed by atoms with Crippen LogP contribution in [0.25, 0.3) is 10.8 Å². The van der Waals surface area contributed by atoms with Crippen molar-refractivity contribution in [3.63, 3.8) is 0 Å². The molecule has 0 N–H and O–H groups in total. The van der Waals surface area contributed by atoms with Crippen LogP contribution in [0.2, 0.25) is 0 Å². The number of methoxy groups -OCH3 is 1. The molecule has 1 heterocycles. The molecule has 0 saturated heterocycles. The van der Waals surface area contributed by atoms with Gasteiger partial charge in [0.1, 0.15) is 11.4 Å². The topological polar surface area (TPSA) is 39.2 Å². The molecule has 0 bridgehead atoms. The maximum Gasteiger partial charge on any atom is 0.211 e. The summed E-state index contributed by atoms with van der Waals surface area (Å²) >= 11 is 3.37. The van der Waals surface area contributed by atoms with Crippen LogP contribution in [0.5, 0.6) is 5.75 Å². The Morgan fingerprint density at radius 2 is 1.86 bits per heavy atom. The average molecular weight is 342 g/mol. The van der Waals surface area contributed by atoms with Crippen molar-refractivity contribution >= 4 is 32.5 Å². The van der Waals surface area contributed by atoms with Crippen LogP contribution in [0.4, 0.5) is 0 Å². The Kier molecular flexibility index (Phi) is 3.71. The van der Waals surface area contributed by atoms with Gasteiger partial charge in [-0.3, -0.25) is 9.78 Å². The van der Waals surface area contributed by atoms with Gasteiger partial charge >= 0.3 is 0 Å². The number of halogens is 1. The van der Waals surface area contributed by atoms with E-state index in [1.165, 1.54) is 0 Å². The number of carbonyl (C=O) groups excluding carboxylic acids is 1. The Hall–Kier alpha value is -2.20. The van der Waals surface area contributed by atoms with Crippen molar-refractivity contribution in [1.29, 1.82) is 0 Å². The fourth-order valence-corrected chi connectivity index (χ4v) is 2.47. The first-order chi connectivity index (χ1) is 10.2. The summed E-state index contributed by atoms with van der Waals surface area (Å²) in [6.45, 7) is 0. The van der Waals surface area contributed by atoms with Gasteiger partial charge in [0, 0.05) is 21.6 Å². The lowest BCUT2D eigenvalue weighted by Gasteiger charge is -2.07. The van der Waals surface area contributed by atoms with E-state index < -0.39 is 0 Å². The Morgan fingerprint density at radius 1 is 1.10 bits per heavy atom. The predicted octanol–water partition coefficient (Wildman–Crippen LogP) is 4.24. The highest BCUT2D eigenvalue weighted by Gasteiger charge is 2.14. The van der Waals surface area contributed by atoms with Crippen LogP contribution in [0.3, 0.4) is 0 Å². The molecule has 0 fully saturated rings. The minimum Gasteiger partial charge on any atom is -0.497 e. The van der Waals surface area contributed by atoms with Crippen molar-refractivity contribution in [3.05, 3.63) is 70.5 Å². The minimum atomic E-state index is -0.0849. The summed E-state index contributed by atoms with van der Waals surface area (Å²) < 4.78 is 6.15. The number of carbonyl (C=O) groups is 1. The fourth-order valence-electron chi connectivity index (χ4n) is 2.20. The molecule has 0 aliphatic carbocycles. The summed E-state index contributed by atoms with van der Waals surface area (Å²) in [7, 11) is 1.62. The van der Waals surface area contributed by atoms with Gasteiger partial charge in [0.2, 0.25) is 5.78 Å². The van der Waals surface area contributed by atoms with Gasteiger partial charge in [0.05, 0.1) is 7.11 Å². The monoisotopic (exact) mass is 341 g/mol. The zero-order valence-corrected chi connectivity index (χ0v) is 12.9. The van der Waals surface area contributed by atoms with Gasteiger partial charge < -0.3 is 4.74 Å². The molecule has 3 aromatic rings. The van der Waals surface area contributed by atoms with E-state index in [0.717, 1.165) is 21.0 Å². The average Bonchev–Trinajstić information content (AvgIpc) is 2.53. The summed E-state index contributed by atoms with van der Waals surface area (Å²) in [6.07, 6.45) is 1.65. The van der Waals surface area contributed by atoms with Crippen molar-refractivity contribution in [1.82, 2.24) is 4.98 Å². The van der Waals surface area contributed by atoms with Crippen LogP contribution in [0.15, 0.2) is 59.2 Å². The zero-order valence-electron chi connectivity index (χ0n) is 11.3. The molecule has 0 unspecified atom stereocenters. The van der Waals surface area contributed by atoms with Gasteiger partial charge in [-0.2, -0.15) is 0 Å². The lowest BCUT2D eigenvalue weighted by molar-refractivity contribution is 0.103. The van der Waals surface area contributed by atoms with E-state index in [2.05, 4.69) is 20.9 Å². The van der Waals surface area contributed by atoms with Gasteiger partial charge in [0.15, 0.2) is 0 Å². The van der Waals surface area contributed by atoms with Gasteiger partial charge in [0.25, 0.3) is 0 Å². The summed E-state index contributed by atoms with van der Waals surface area (Å²) in [4.78, 5) is 16.9. The summed E-state index contributed by atoms with van der Waals surface area (Å²) in [6, 6.07) is 14.7. The molecule has 0 saturated carbocycles. The number of benzene rings is 2. The second-order valence-corrected chi connectivity index (χ2v) is 5.50. The summed E-state index contributed by atoms with van der Waals surface area (Å²) in [5.41, 5.74) is 1.08. The number of ketones is 1. The molecular formula is C17H12BrNO2. The van der Waals surface area contributed by atoms with Gasteiger partial charge in [-0.25, -0.2) is 0 Å². The highest BCUT2D eigenvalue weighted by molar-refractivity contribution is 9.10. The standard InChI is InChI=1S/C17H12BrNO2/c1-21-14-6-7-15-12(10-14)8-9-19-16(15)17(20)11-2-4-13(18)5-3-11/h2-10H,1H3. The first-order valence-electron chi connectivity index (χ1n) is 6.42. The van der Waals surface area contributed by atoms with Crippen LogP contribution >= 0.6 is 15.9 Å². The van der Waals surface area contributed by atoms with Crippen molar-refractivity contribution < 1.29 is 9.53 Å². The third-order valence-corrected chi connectivity index (χ3v) is 3.82. The number of nitrogens with zero attached hydrogens (tertiary/aromatic N) is 1. The summed E-state index contributed by atoms with van der Waals surface area (Å²) in [5, 5.41) is 1.76. The molecule has 3 nitrogen and oxygen atoms in total. The van der Waals surface area contributed by atoms with E-state index in [-0.39, 0.29) is 5.78 Å². The molecule has 0 amide bonds. The highest BCUT2D eigenvalue weighted by atomic mass is 79.9.